The van der Waals surface area contributed by atoms with Gasteiger partial charge in [0, 0.05) is 21.7 Å². The van der Waals surface area contributed by atoms with Crippen molar-refractivity contribution < 1.29 is 14.3 Å². The Hall–Kier alpha value is -2.33. The van der Waals surface area contributed by atoms with Gasteiger partial charge < -0.3 is 9.47 Å². The van der Waals surface area contributed by atoms with Crippen molar-refractivity contribution in [3.63, 3.8) is 0 Å². The molecule has 0 heterocycles. The van der Waals surface area contributed by atoms with E-state index in [0.717, 1.165) is 46.0 Å². The molecule has 0 aromatic heterocycles. The molecule has 3 nitrogen and oxygen atoms in total. The third-order valence-corrected chi connectivity index (χ3v) is 5.15. The van der Waals surface area contributed by atoms with Crippen molar-refractivity contribution in [2.45, 2.75) is 19.3 Å². The van der Waals surface area contributed by atoms with E-state index in [1.807, 2.05) is 54.6 Å². The predicted octanol–water partition coefficient (Wildman–Crippen LogP) is 5.69. The van der Waals surface area contributed by atoms with Gasteiger partial charge in [0.15, 0.2) is 5.78 Å². The Morgan fingerprint density at radius 2 is 1.54 bits per heavy atom. The lowest BCUT2D eigenvalue weighted by Gasteiger charge is -2.17. The van der Waals surface area contributed by atoms with Gasteiger partial charge in [0.2, 0.25) is 0 Å². The summed E-state index contributed by atoms with van der Waals surface area (Å²) < 4.78 is 11.6. The van der Waals surface area contributed by atoms with Crippen molar-refractivity contribution in [1.29, 1.82) is 0 Å². The molecule has 0 radical (unpaired) electrons. The third-order valence-electron chi connectivity index (χ3n) is 4.43. The molecule has 2 aromatic rings. The molecule has 0 saturated heterocycles. The maximum absolute atomic E-state index is 12.9. The average molecular weight is 413 g/mol. The second kappa shape index (κ2) is 8.37. The molecule has 0 N–H and O–H groups in total. The molecule has 4 heteroatoms. The smallest absolute Gasteiger partial charge is 0.185 e. The van der Waals surface area contributed by atoms with Crippen LogP contribution in [-0.2, 0) is 4.79 Å². The molecule has 3 rings (SSSR count). The van der Waals surface area contributed by atoms with Crippen LogP contribution in [0.1, 0.15) is 30.4 Å². The van der Waals surface area contributed by atoms with E-state index >= 15 is 0 Å². The number of ketones is 1. The van der Waals surface area contributed by atoms with Crippen LogP contribution in [0.15, 0.2) is 58.1 Å². The van der Waals surface area contributed by atoms with Gasteiger partial charge in [0.05, 0.1) is 14.2 Å². The summed E-state index contributed by atoms with van der Waals surface area (Å²) in [4.78, 5) is 12.9. The molecule has 0 bridgehead atoms. The minimum Gasteiger partial charge on any atom is -0.497 e. The number of allylic oxidation sites excluding steroid dienone is 2. The highest BCUT2D eigenvalue weighted by molar-refractivity contribution is 9.10. The fraction of sp³-hybridized carbons (Fsp3) is 0.227. The second-order valence-electron chi connectivity index (χ2n) is 6.19. The first-order valence-electron chi connectivity index (χ1n) is 8.54. The highest BCUT2D eigenvalue weighted by Crippen LogP contribution is 2.31. The van der Waals surface area contributed by atoms with Crippen LogP contribution in [0.2, 0.25) is 0 Å². The number of benzene rings is 2. The van der Waals surface area contributed by atoms with Gasteiger partial charge in [-0.25, -0.2) is 0 Å². The number of Topliss-reactive ketones (excluding diaryl/α,β-unsaturated/α-hetero) is 1. The SMILES string of the molecule is COc1cc(/C=C2\CCC/C(=C\c3ccccc3Br)C2=O)cc(OC)c1. The van der Waals surface area contributed by atoms with Crippen molar-refractivity contribution in [3.05, 3.63) is 69.2 Å². The van der Waals surface area contributed by atoms with Gasteiger partial charge in [-0.15, -0.1) is 0 Å². The van der Waals surface area contributed by atoms with Crippen molar-refractivity contribution >= 4 is 33.9 Å². The normalized spacial score (nSPS) is 17.6. The van der Waals surface area contributed by atoms with E-state index in [-0.39, 0.29) is 5.78 Å². The predicted molar refractivity (Wildman–Crippen MR) is 109 cm³/mol. The first kappa shape index (κ1) is 18.5. The minimum absolute atomic E-state index is 0.119. The van der Waals surface area contributed by atoms with Crippen LogP contribution in [0.4, 0.5) is 0 Å². The van der Waals surface area contributed by atoms with Gasteiger partial charge in [-0.3, -0.25) is 4.79 Å². The summed E-state index contributed by atoms with van der Waals surface area (Å²) >= 11 is 3.55. The molecule has 2 aromatic carbocycles. The van der Waals surface area contributed by atoms with E-state index in [1.165, 1.54) is 0 Å². The van der Waals surface area contributed by atoms with Crippen molar-refractivity contribution in [2.75, 3.05) is 14.2 Å². The summed E-state index contributed by atoms with van der Waals surface area (Å²) in [6.45, 7) is 0. The third kappa shape index (κ3) is 4.25. The van der Waals surface area contributed by atoms with Crippen LogP contribution in [0.3, 0.4) is 0 Å². The van der Waals surface area contributed by atoms with Gasteiger partial charge in [0.1, 0.15) is 11.5 Å². The number of methoxy groups -OCH3 is 2. The monoisotopic (exact) mass is 412 g/mol. The van der Waals surface area contributed by atoms with Gasteiger partial charge >= 0.3 is 0 Å². The Balaban J connectivity index is 1.93. The fourth-order valence-corrected chi connectivity index (χ4v) is 3.47. The molecule has 0 aliphatic heterocycles. The van der Waals surface area contributed by atoms with Crippen molar-refractivity contribution in [3.8, 4) is 11.5 Å². The number of carbonyl (C=O) groups is 1. The molecule has 1 aliphatic carbocycles. The number of hydrogen-bond acceptors (Lipinski definition) is 3. The maximum atomic E-state index is 12.9. The van der Waals surface area contributed by atoms with E-state index in [0.29, 0.717) is 11.5 Å². The summed E-state index contributed by atoms with van der Waals surface area (Å²) in [7, 11) is 3.24. The fourth-order valence-electron chi connectivity index (χ4n) is 3.07. The standard InChI is InChI=1S/C22H21BrO3/c1-25-19-11-15(12-20(14-19)26-2)10-17-7-5-8-18(22(17)24)13-16-6-3-4-9-21(16)23/h3-4,6,9-14H,5,7-8H2,1-2H3/b17-10+,18-13+. The highest BCUT2D eigenvalue weighted by Gasteiger charge is 2.21. The number of rotatable bonds is 4. The summed E-state index contributed by atoms with van der Waals surface area (Å²) in [6, 6.07) is 13.6. The van der Waals surface area contributed by atoms with Gasteiger partial charge in [-0.2, -0.15) is 0 Å². The van der Waals surface area contributed by atoms with Crippen molar-refractivity contribution in [1.82, 2.24) is 0 Å². The molecule has 1 fully saturated rings. The van der Waals surface area contributed by atoms with Gasteiger partial charge in [-0.05, 0) is 60.7 Å². The molecule has 26 heavy (non-hydrogen) atoms. The summed E-state index contributed by atoms with van der Waals surface area (Å²) in [6.07, 6.45) is 6.49. The number of ether oxygens (including phenoxy) is 2. The van der Waals surface area contributed by atoms with E-state index < -0.39 is 0 Å². The Kier molecular flexibility index (Phi) is 5.94. The highest BCUT2D eigenvalue weighted by atomic mass is 79.9. The number of halogens is 1. The molecule has 134 valence electrons. The zero-order valence-electron chi connectivity index (χ0n) is 14.9. The first-order valence-corrected chi connectivity index (χ1v) is 9.33. The van der Waals surface area contributed by atoms with Crippen LogP contribution in [0, 0.1) is 0 Å². The van der Waals surface area contributed by atoms with Crippen LogP contribution in [-0.4, -0.2) is 20.0 Å². The summed E-state index contributed by atoms with van der Waals surface area (Å²) in [5.74, 6) is 1.54. The Bertz CT molecular complexity index is 858. The van der Waals surface area contributed by atoms with Crippen molar-refractivity contribution in [2.24, 2.45) is 0 Å². The topological polar surface area (TPSA) is 35.5 Å². The van der Waals surface area contributed by atoms with Crippen LogP contribution < -0.4 is 9.47 Å². The molecular formula is C22H21BrO3. The molecule has 1 aliphatic rings. The molecule has 0 amide bonds. The van der Waals surface area contributed by atoms with E-state index in [9.17, 15) is 4.79 Å². The minimum atomic E-state index is 0.119. The van der Waals surface area contributed by atoms with E-state index in [2.05, 4.69) is 15.9 Å². The molecule has 0 spiro atoms. The molecule has 1 saturated carbocycles. The molecular weight excluding hydrogens is 392 g/mol. The Morgan fingerprint density at radius 3 is 2.15 bits per heavy atom. The van der Waals surface area contributed by atoms with Gasteiger partial charge in [-0.1, -0.05) is 34.1 Å². The zero-order chi connectivity index (χ0) is 18.5. The number of hydrogen-bond donors (Lipinski definition) is 0. The largest absolute Gasteiger partial charge is 0.497 e. The summed E-state index contributed by atoms with van der Waals surface area (Å²) in [5.41, 5.74) is 3.61. The second-order valence-corrected chi connectivity index (χ2v) is 7.04. The maximum Gasteiger partial charge on any atom is 0.185 e. The Morgan fingerprint density at radius 1 is 0.923 bits per heavy atom. The lowest BCUT2D eigenvalue weighted by Crippen LogP contribution is -2.12. The van der Waals surface area contributed by atoms with Crippen LogP contribution in [0.5, 0.6) is 11.5 Å². The van der Waals surface area contributed by atoms with Crippen LogP contribution >= 0.6 is 15.9 Å². The quantitative estimate of drug-likeness (QED) is 0.605. The first-order chi connectivity index (χ1) is 12.6. The molecule has 0 unspecified atom stereocenters. The van der Waals surface area contributed by atoms with Crippen LogP contribution in [0.25, 0.3) is 12.2 Å². The van der Waals surface area contributed by atoms with E-state index in [1.54, 1.807) is 14.2 Å². The average Bonchev–Trinajstić information content (AvgIpc) is 2.66. The zero-order valence-corrected chi connectivity index (χ0v) is 16.5. The molecule has 0 atom stereocenters. The number of carbonyl (C=O) groups excluding carboxylic acids is 1. The Labute approximate surface area is 162 Å². The summed E-state index contributed by atoms with van der Waals surface area (Å²) in [5, 5.41) is 0. The lowest BCUT2D eigenvalue weighted by molar-refractivity contribution is -0.112. The lowest BCUT2D eigenvalue weighted by atomic mass is 9.87. The van der Waals surface area contributed by atoms with Gasteiger partial charge in [0.25, 0.3) is 0 Å². The van der Waals surface area contributed by atoms with E-state index in [4.69, 9.17) is 9.47 Å².